The SMILES string of the molecule is COCCCOc1cc(CC(C=O)C(C)C)ccc1OC. The van der Waals surface area contributed by atoms with Gasteiger partial charge in [0.25, 0.3) is 0 Å². The summed E-state index contributed by atoms with van der Waals surface area (Å²) in [7, 11) is 3.30. The number of hydrogen-bond donors (Lipinski definition) is 0. The molecule has 0 amide bonds. The van der Waals surface area contributed by atoms with Crippen LogP contribution in [0.1, 0.15) is 25.8 Å². The summed E-state index contributed by atoms with van der Waals surface area (Å²) in [5, 5.41) is 0. The highest BCUT2D eigenvalue weighted by Gasteiger charge is 2.14. The standard InChI is InChI=1S/C17H26O4/c1-13(2)15(12-18)10-14-6-7-16(20-4)17(11-14)21-9-5-8-19-3/h6-7,11-13,15H,5,8-10H2,1-4H3. The molecule has 0 N–H and O–H groups in total. The fourth-order valence-electron chi connectivity index (χ4n) is 2.06. The van der Waals surface area contributed by atoms with E-state index in [2.05, 4.69) is 13.8 Å². The zero-order valence-electron chi connectivity index (χ0n) is 13.4. The molecular weight excluding hydrogens is 268 g/mol. The lowest BCUT2D eigenvalue weighted by Gasteiger charge is -2.16. The maximum Gasteiger partial charge on any atom is 0.161 e. The van der Waals surface area contributed by atoms with Gasteiger partial charge in [0.1, 0.15) is 6.29 Å². The predicted octanol–water partition coefficient (Wildman–Crippen LogP) is 3.12. The highest BCUT2D eigenvalue weighted by atomic mass is 16.5. The van der Waals surface area contributed by atoms with Crippen LogP contribution in [0.3, 0.4) is 0 Å². The van der Waals surface area contributed by atoms with E-state index in [1.54, 1.807) is 14.2 Å². The average Bonchev–Trinajstić information content (AvgIpc) is 2.49. The van der Waals surface area contributed by atoms with E-state index in [-0.39, 0.29) is 5.92 Å². The number of carbonyl (C=O) groups excluding carboxylic acids is 1. The summed E-state index contributed by atoms with van der Waals surface area (Å²) in [6.07, 6.45) is 2.58. The fourth-order valence-corrected chi connectivity index (χ4v) is 2.06. The van der Waals surface area contributed by atoms with Crippen LogP contribution in [0.4, 0.5) is 0 Å². The van der Waals surface area contributed by atoms with Gasteiger partial charge in [-0.15, -0.1) is 0 Å². The normalized spacial score (nSPS) is 12.2. The summed E-state index contributed by atoms with van der Waals surface area (Å²) in [4.78, 5) is 11.1. The Bertz CT molecular complexity index is 429. The molecule has 1 aromatic carbocycles. The van der Waals surface area contributed by atoms with Crippen molar-refractivity contribution in [3.63, 3.8) is 0 Å². The maximum atomic E-state index is 11.1. The molecule has 0 fully saturated rings. The van der Waals surface area contributed by atoms with E-state index in [9.17, 15) is 4.79 Å². The zero-order chi connectivity index (χ0) is 15.7. The molecule has 0 saturated carbocycles. The van der Waals surface area contributed by atoms with Crippen molar-refractivity contribution in [1.82, 2.24) is 0 Å². The van der Waals surface area contributed by atoms with Gasteiger partial charge in [-0.2, -0.15) is 0 Å². The van der Waals surface area contributed by atoms with Gasteiger partial charge in [0.05, 0.1) is 13.7 Å². The third kappa shape index (κ3) is 5.76. The third-order valence-electron chi connectivity index (χ3n) is 3.48. The minimum absolute atomic E-state index is 0.0275. The van der Waals surface area contributed by atoms with E-state index in [4.69, 9.17) is 14.2 Å². The average molecular weight is 294 g/mol. The van der Waals surface area contributed by atoms with Crippen LogP contribution in [0.15, 0.2) is 18.2 Å². The van der Waals surface area contributed by atoms with Crippen LogP contribution in [0.25, 0.3) is 0 Å². The van der Waals surface area contributed by atoms with Crippen LogP contribution in [0.2, 0.25) is 0 Å². The molecular formula is C17H26O4. The first-order chi connectivity index (χ1) is 10.1. The first kappa shape index (κ1) is 17.5. The zero-order valence-corrected chi connectivity index (χ0v) is 13.4. The van der Waals surface area contributed by atoms with Crippen molar-refractivity contribution in [2.24, 2.45) is 11.8 Å². The van der Waals surface area contributed by atoms with Crippen LogP contribution < -0.4 is 9.47 Å². The van der Waals surface area contributed by atoms with Gasteiger partial charge in [0.2, 0.25) is 0 Å². The van der Waals surface area contributed by atoms with E-state index in [1.165, 1.54) is 0 Å². The first-order valence-electron chi connectivity index (χ1n) is 7.36. The van der Waals surface area contributed by atoms with Gasteiger partial charge in [-0.25, -0.2) is 0 Å². The summed E-state index contributed by atoms with van der Waals surface area (Å²) in [5.74, 6) is 1.79. The quantitative estimate of drug-likeness (QED) is 0.491. The Morgan fingerprint density at radius 3 is 2.48 bits per heavy atom. The molecule has 1 rings (SSSR count). The van der Waals surface area contributed by atoms with Crippen LogP contribution in [0.5, 0.6) is 11.5 Å². The predicted molar refractivity (Wildman–Crippen MR) is 83.1 cm³/mol. The molecule has 4 nitrogen and oxygen atoms in total. The Kier molecular flexibility index (Phi) is 7.83. The summed E-state index contributed by atoms with van der Waals surface area (Å²) >= 11 is 0. The number of benzene rings is 1. The van der Waals surface area contributed by atoms with Crippen molar-refractivity contribution in [3.05, 3.63) is 23.8 Å². The second kappa shape index (κ2) is 9.40. The molecule has 0 radical (unpaired) electrons. The molecule has 21 heavy (non-hydrogen) atoms. The van der Waals surface area contributed by atoms with Gasteiger partial charge in [-0.3, -0.25) is 0 Å². The van der Waals surface area contributed by atoms with Crippen molar-refractivity contribution in [3.8, 4) is 11.5 Å². The topological polar surface area (TPSA) is 44.8 Å². The van der Waals surface area contributed by atoms with Crippen LogP contribution >= 0.6 is 0 Å². The molecule has 0 saturated heterocycles. The second-order valence-electron chi connectivity index (χ2n) is 5.43. The summed E-state index contributed by atoms with van der Waals surface area (Å²) < 4.78 is 16.1. The molecule has 0 spiro atoms. The molecule has 1 unspecified atom stereocenters. The van der Waals surface area contributed by atoms with Crippen molar-refractivity contribution in [1.29, 1.82) is 0 Å². The number of rotatable bonds is 10. The third-order valence-corrected chi connectivity index (χ3v) is 3.48. The van der Waals surface area contributed by atoms with Crippen molar-refractivity contribution >= 4 is 6.29 Å². The Hall–Kier alpha value is -1.55. The largest absolute Gasteiger partial charge is 0.493 e. The Labute approximate surface area is 127 Å². The smallest absolute Gasteiger partial charge is 0.161 e. The Balaban J connectivity index is 2.76. The minimum Gasteiger partial charge on any atom is -0.493 e. The van der Waals surface area contributed by atoms with E-state index in [1.807, 2.05) is 18.2 Å². The van der Waals surface area contributed by atoms with Gasteiger partial charge in [0, 0.05) is 26.1 Å². The van der Waals surface area contributed by atoms with Crippen LogP contribution in [-0.2, 0) is 16.0 Å². The molecule has 1 aromatic rings. The molecule has 1 atom stereocenters. The van der Waals surface area contributed by atoms with Crippen molar-refractivity contribution in [2.75, 3.05) is 27.4 Å². The van der Waals surface area contributed by atoms with Gasteiger partial charge < -0.3 is 19.0 Å². The van der Waals surface area contributed by atoms with Gasteiger partial charge in [-0.05, 0) is 30.0 Å². The van der Waals surface area contributed by atoms with Gasteiger partial charge >= 0.3 is 0 Å². The first-order valence-corrected chi connectivity index (χ1v) is 7.36. The minimum atomic E-state index is 0.0275. The molecule has 0 aliphatic carbocycles. The molecule has 0 aromatic heterocycles. The molecule has 4 heteroatoms. The maximum absolute atomic E-state index is 11.1. The second-order valence-corrected chi connectivity index (χ2v) is 5.43. The molecule has 118 valence electrons. The summed E-state index contributed by atoms with van der Waals surface area (Å²) in [6.45, 7) is 5.37. The lowest BCUT2D eigenvalue weighted by molar-refractivity contribution is -0.112. The molecule has 0 bridgehead atoms. The van der Waals surface area contributed by atoms with E-state index in [0.29, 0.717) is 24.9 Å². The number of ether oxygens (including phenoxy) is 3. The number of methoxy groups -OCH3 is 2. The lowest BCUT2D eigenvalue weighted by atomic mass is 9.90. The van der Waals surface area contributed by atoms with E-state index in [0.717, 1.165) is 30.4 Å². The number of hydrogen-bond acceptors (Lipinski definition) is 4. The molecule has 0 aliphatic heterocycles. The molecule has 0 heterocycles. The van der Waals surface area contributed by atoms with Crippen molar-refractivity contribution in [2.45, 2.75) is 26.7 Å². The Morgan fingerprint density at radius 1 is 1.14 bits per heavy atom. The number of carbonyl (C=O) groups is 1. The monoisotopic (exact) mass is 294 g/mol. The highest BCUT2D eigenvalue weighted by molar-refractivity contribution is 5.55. The fraction of sp³-hybridized carbons (Fsp3) is 0.588. The van der Waals surface area contributed by atoms with E-state index < -0.39 is 0 Å². The van der Waals surface area contributed by atoms with Gasteiger partial charge in [-0.1, -0.05) is 19.9 Å². The van der Waals surface area contributed by atoms with Crippen molar-refractivity contribution < 1.29 is 19.0 Å². The van der Waals surface area contributed by atoms with Crippen LogP contribution in [-0.4, -0.2) is 33.7 Å². The number of aldehydes is 1. The summed E-state index contributed by atoms with van der Waals surface area (Å²) in [6, 6.07) is 5.84. The Morgan fingerprint density at radius 2 is 1.90 bits per heavy atom. The van der Waals surface area contributed by atoms with Gasteiger partial charge in [0.15, 0.2) is 11.5 Å². The molecule has 0 aliphatic rings. The highest BCUT2D eigenvalue weighted by Crippen LogP contribution is 2.29. The van der Waals surface area contributed by atoms with Crippen LogP contribution in [0, 0.1) is 11.8 Å². The summed E-state index contributed by atoms with van der Waals surface area (Å²) in [5.41, 5.74) is 1.09. The van der Waals surface area contributed by atoms with E-state index >= 15 is 0 Å². The lowest BCUT2D eigenvalue weighted by Crippen LogP contribution is -2.13.